The van der Waals surface area contributed by atoms with Crippen LogP contribution < -0.4 is 10.9 Å². The molecule has 0 unspecified atom stereocenters. The minimum Gasteiger partial charge on any atom is -0.451 e. The fourth-order valence-electron chi connectivity index (χ4n) is 3.69. The summed E-state index contributed by atoms with van der Waals surface area (Å²) in [6, 6.07) is 8.26. The van der Waals surface area contributed by atoms with Gasteiger partial charge < -0.3 is 4.74 Å². The van der Waals surface area contributed by atoms with E-state index in [9.17, 15) is 24.0 Å². The van der Waals surface area contributed by atoms with Crippen LogP contribution in [0.3, 0.4) is 0 Å². The number of ether oxygens (including phenoxy) is 1. The van der Waals surface area contributed by atoms with Gasteiger partial charge in [0, 0.05) is 5.56 Å². The Hall–Kier alpha value is -3.23. The number of likely N-dealkylation sites (tertiary alicyclic amines) is 1. The van der Waals surface area contributed by atoms with E-state index in [2.05, 4.69) is 10.9 Å². The molecule has 1 aliphatic heterocycles. The Balaban J connectivity index is 1.47. The second-order valence-corrected chi connectivity index (χ2v) is 7.20. The van der Waals surface area contributed by atoms with E-state index in [4.69, 9.17) is 4.74 Å². The molecule has 9 nitrogen and oxygen atoms in total. The average Bonchev–Trinajstić information content (AvgIpc) is 2.97. The van der Waals surface area contributed by atoms with Gasteiger partial charge in [-0.2, -0.15) is 0 Å². The Morgan fingerprint density at radius 1 is 1.03 bits per heavy atom. The van der Waals surface area contributed by atoms with Gasteiger partial charge in [-0.1, -0.05) is 31.0 Å². The minimum atomic E-state index is -1.21. The monoisotopic (exact) mass is 401 g/mol. The Labute approximate surface area is 167 Å². The molecule has 3 rings (SSSR count). The zero-order valence-corrected chi connectivity index (χ0v) is 16.1. The van der Waals surface area contributed by atoms with Crippen molar-refractivity contribution in [3.8, 4) is 0 Å². The van der Waals surface area contributed by atoms with Gasteiger partial charge in [0.05, 0.1) is 11.8 Å². The third kappa shape index (κ3) is 4.61. The summed E-state index contributed by atoms with van der Waals surface area (Å²) in [5, 5.41) is 0. The SMILES string of the molecule is C[C@@H](OC(=O)CN1C(=O)[C@H]2CCCC[C@@H]2C1=O)C(=O)NNC(=O)c1ccccc1. The first-order chi connectivity index (χ1) is 13.9. The number of nitrogens with one attached hydrogen (secondary N) is 2. The van der Waals surface area contributed by atoms with Crippen molar-refractivity contribution in [2.75, 3.05) is 6.54 Å². The predicted molar refractivity (Wildman–Crippen MR) is 99.8 cm³/mol. The molecule has 154 valence electrons. The van der Waals surface area contributed by atoms with Gasteiger partial charge in [0.2, 0.25) is 11.8 Å². The molecule has 9 heteroatoms. The fraction of sp³-hybridized carbons (Fsp3) is 0.450. The van der Waals surface area contributed by atoms with Gasteiger partial charge in [0.15, 0.2) is 6.10 Å². The summed E-state index contributed by atoms with van der Waals surface area (Å²) in [5.74, 6) is -3.50. The molecule has 3 atom stereocenters. The van der Waals surface area contributed by atoms with Crippen molar-refractivity contribution >= 4 is 29.6 Å². The molecule has 1 aromatic rings. The maximum absolute atomic E-state index is 12.4. The number of carbonyl (C=O) groups is 5. The molecule has 1 aromatic carbocycles. The molecule has 0 spiro atoms. The third-order valence-electron chi connectivity index (χ3n) is 5.23. The molecule has 2 aliphatic rings. The van der Waals surface area contributed by atoms with E-state index in [-0.39, 0.29) is 23.7 Å². The van der Waals surface area contributed by atoms with E-state index in [1.165, 1.54) is 6.92 Å². The lowest BCUT2D eigenvalue weighted by molar-refractivity contribution is -0.159. The summed E-state index contributed by atoms with van der Waals surface area (Å²) in [6.45, 7) is 0.813. The van der Waals surface area contributed by atoms with Crippen LogP contribution in [0.5, 0.6) is 0 Å². The Morgan fingerprint density at radius 2 is 1.62 bits per heavy atom. The Morgan fingerprint density at radius 3 is 2.21 bits per heavy atom. The number of hydrogen-bond donors (Lipinski definition) is 2. The molecule has 1 saturated heterocycles. The summed E-state index contributed by atoms with van der Waals surface area (Å²) >= 11 is 0. The van der Waals surface area contributed by atoms with Crippen LogP contribution in [0.15, 0.2) is 30.3 Å². The molecule has 0 aromatic heterocycles. The van der Waals surface area contributed by atoms with Gasteiger partial charge in [-0.25, -0.2) is 0 Å². The van der Waals surface area contributed by atoms with Gasteiger partial charge >= 0.3 is 5.97 Å². The Bertz CT molecular complexity index is 801. The van der Waals surface area contributed by atoms with Crippen molar-refractivity contribution in [2.45, 2.75) is 38.7 Å². The molecular weight excluding hydrogens is 378 g/mol. The highest BCUT2D eigenvalue weighted by molar-refractivity contribution is 6.07. The van der Waals surface area contributed by atoms with E-state index in [1.807, 2.05) is 0 Å². The lowest BCUT2D eigenvalue weighted by Gasteiger charge is -2.19. The van der Waals surface area contributed by atoms with Crippen molar-refractivity contribution in [3.05, 3.63) is 35.9 Å². The summed E-state index contributed by atoms with van der Waals surface area (Å²) in [4.78, 5) is 61.8. The molecule has 0 bridgehead atoms. The van der Waals surface area contributed by atoms with Gasteiger partial charge in [-0.3, -0.25) is 39.7 Å². The number of carbonyl (C=O) groups excluding carboxylic acids is 5. The van der Waals surface area contributed by atoms with Crippen LogP contribution >= 0.6 is 0 Å². The molecule has 29 heavy (non-hydrogen) atoms. The van der Waals surface area contributed by atoms with Crippen LogP contribution in [0, 0.1) is 11.8 Å². The number of fused-ring (bicyclic) bond motifs is 1. The third-order valence-corrected chi connectivity index (χ3v) is 5.23. The van der Waals surface area contributed by atoms with Crippen LogP contribution in [0.25, 0.3) is 0 Å². The van der Waals surface area contributed by atoms with E-state index in [1.54, 1.807) is 30.3 Å². The normalized spacial score (nSPS) is 21.9. The van der Waals surface area contributed by atoms with Crippen LogP contribution in [-0.2, 0) is 23.9 Å². The molecule has 4 amide bonds. The highest BCUT2D eigenvalue weighted by Gasteiger charge is 2.48. The van der Waals surface area contributed by atoms with Crippen molar-refractivity contribution in [3.63, 3.8) is 0 Å². The van der Waals surface area contributed by atoms with Crippen molar-refractivity contribution < 1.29 is 28.7 Å². The summed E-state index contributed by atoms with van der Waals surface area (Å²) in [7, 11) is 0. The topological polar surface area (TPSA) is 122 Å². The van der Waals surface area contributed by atoms with E-state index in [0.717, 1.165) is 17.7 Å². The maximum Gasteiger partial charge on any atom is 0.326 e. The molecule has 2 N–H and O–H groups in total. The molecule has 0 radical (unpaired) electrons. The van der Waals surface area contributed by atoms with E-state index >= 15 is 0 Å². The quantitative estimate of drug-likeness (QED) is 0.422. The van der Waals surface area contributed by atoms with Crippen LogP contribution in [-0.4, -0.2) is 47.1 Å². The zero-order chi connectivity index (χ0) is 21.0. The number of hydrogen-bond acceptors (Lipinski definition) is 6. The van der Waals surface area contributed by atoms with Crippen LogP contribution in [0.2, 0.25) is 0 Å². The van der Waals surface area contributed by atoms with Gasteiger partial charge in [-0.15, -0.1) is 0 Å². The number of amides is 4. The van der Waals surface area contributed by atoms with E-state index in [0.29, 0.717) is 18.4 Å². The summed E-state index contributed by atoms with van der Waals surface area (Å²) in [5.41, 5.74) is 4.75. The maximum atomic E-state index is 12.4. The predicted octanol–water partition coefficient (Wildman–Crippen LogP) is 0.555. The number of rotatable bonds is 5. The largest absolute Gasteiger partial charge is 0.451 e. The molecule has 2 fully saturated rings. The Kier molecular flexibility index (Phi) is 6.26. The minimum absolute atomic E-state index is 0.344. The second kappa shape index (κ2) is 8.85. The summed E-state index contributed by atoms with van der Waals surface area (Å²) < 4.78 is 5.01. The van der Waals surface area contributed by atoms with Crippen LogP contribution in [0.1, 0.15) is 43.0 Å². The number of imide groups is 1. The first-order valence-electron chi connectivity index (χ1n) is 9.58. The molecule has 1 heterocycles. The van der Waals surface area contributed by atoms with Gasteiger partial charge in [0.25, 0.3) is 11.8 Å². The zero-order valence-electron chi connectivity index (χ0n) is 16.1. The van der Waals surface area contributed by atoms with Crippen molar-refractivity contribution in [2.24, 2.45) is 11.8 Å². The highest BCUT2D eigenvalue weighted by atomic mass is 16.5. The number of hydrazine groups is 1. The molecule has 1 aliphatic carbocycles. The van der Waals surface area contributed by atoms with Gasteiger partial charge in [0.1, 0.15) is 6.54 Å². The van der Waals surface area contributed by atoms with Crippen LogP contribution in [0.4, 0.5) is 0 Å². The molecule has 1 saturated carbocycles. The standard InChI is InChI=1S/C20H23N3O6/c1-12(17(25)21-22-18(26)13-7-3-2-4-8-13)29-16(24)11-23-19(27)14-9-5-6-10-15(14)20(23)28/h2-4,7-8,12,14-15H,5-6,9-11H2,1H3,(H,21,25)(H,22,26)/t12-,14+,15+/m1/s1. The first-order valence-corrected chi connectivity index (χ1v) is 9.58. The molecular formula is C20H23N3O6. The smallest absolute Gasteiger partial charge is 0.326 e. The lowest BCUT2D eigenvalue weighted by atomic mass is 9.81. The lowest BCUT2D eigenvalue weighted by Crippen LogP contribution is -2.47. The number of nitrogens with zero attached hydrogens (tertiary/aromatic N) is 1. The van der Waals surface area contributed by atoms with Crippen molar-refractivity contribution in [1.82, 2.24) is 15.8 Å². The number of esters is 1. The van der Waals surface area contributed by atoms with Crippen molar-refractivity contribution in [1.29, 1.82) is 0 Å². The highest BCUT2D eigenvalue weighted by Crippen LogP contribution is 2.37. The fourth-order valence-corrected chi connectivity index (χ4v) is 3.69. The van der Waals surface area contributed by atoms with E-state index < -0.39 is 30.4 Å². The second-order valence-electron chi connectivity index (χ2n) is 7.20. The van der Waals surface area contributed by atoms with Gasteiger partial charge in [-0.05, 0) is 31.9 Å². The average molecular weight is 401 g/mol. The number of benzene rings is 1. The summed E-state index contributed by atoms with van der Waals surface area (Å²) in [6.07, 6.45) is 1.88. The first kappa shape index (κ1) is 20.5.